The van der Waals surface area contributed by atoms with E-state index in [4.69, 9.17) is 4.74 Å². The summed E-state index contributed by atoms with van der Waals surface area (Å²) >= 11 is 1.50. The van der Waals surface area contributed by atoms with Crippen molar-refractivity contribution < 1.29 is 9.53 Å². The third-order valence-electron chi connectivity index (χ3n) is 5.22. The summed E-state index contributed by atoms with van der Waals surface area (Å²) in [6.45, 7) is 6.22. The number of carbonyl (C=O) groups excluding carboxylic acids is 1. The van der Waals surface area contributed by atoms with Crippen LogP contribution in [0, 0.1) is 12.8 Å². The zero-order chi connectivity index (χ0) is 22.0. The van der Waals surface area contributed by atoms with Crippen molar-refractivity contribution in [3.05, 3.63) is 62.8 Å². The molecule has 31 heavy (non-hydrogen) atoms. The predicted molar refractivity (Wildman–Crippen MR) is 116 cm³/mol. The van der Waals surface area contributed by atoms with Crippen molar-refractivity contribution in [2.24, 2.45) is 5.92 Å². The SMILES string of the molecule is CC[C@H](C)Cc1c(C)sc2nc(COC(=O)c3ccc(-n4cnnn4)cc3)[nH]c(=O)c12. The van der Waals surface area contributed by atoms with Crippen LogP contribution in [0.3, 0.4) is 0 Å². The summed E-state index contributed by atoms with van der Waals surface area (Å²) in [6.07, 6.45) is 3.36. The van der Waals surface area contributed by atoms with E-state index >= 15 is 0 Å². The molecule has 9 nitrogen and oxygen atoms in total. The monoisotopic (exact) mass is 438 g/mol. The molecule has 1 N–H and O–H groups in total. The highest BCUT2D eigenvalue weighted by atomic mass is 32.1. The molecule has 0 saturated heterocycles. The Kier molecular flexibility index (Phi) is 5.90. The van der Waals surface area contributed by atoms with E-state index in [2.05, 4.69) is 39.3 Å². The number of fused-ring (bicyclic) bond motifs is 1. The van der Waals surface area contributed by atoms with Gasteiger partial charge in [0.15, 0.2) is 0 Å². The van der Waals surface area contributed by atoms with Crippen molar-refractivity contribution in [3.63, 3.8) is 0 Å². The first-order chi connectivity index (χ1) is 15.0. The Hall–Kier alpha value is -3.40. The lowest BCUT2D eigenvalue weighted by Crippen LogP contribution is -2.15. The highest BCUT2D eigenvalue weighted by Gasteiger charge is 2.17. The molecule has 0 bridgehead atoms. The lowest BCUT2D eigenvalue weighted by atomic mass is 9.98. The molecule has 3 heterocycles. The van der Waals surface area contributed by atoms with E-state index in [1.165, 1.54) is 22.3 Å². The van der Waals surface area contributed by atoms with E-state index in [0.29, 0.717) is 27.5 Å². The van der Waals surface area contributed by atoms with Crippen LogP contribution in [0.4, 0.5) is 0 Å². The second-order valence-corrected chi connectivity index (χ2v) is 8.63. The minimum atomic E-state index is -0.508. The van der Waals surface area contributed by atoms with E-state index in [0.717, 1.165) is 29.0 Å². The van der Waals surface area contributed by atoms with Gasteiger partial charge in [-0.25, -0.2) is 14.5 Å². The van der Waals surface area contributed by atoms with Gasteiger partial charge in [0.05, 0.1) is 16.6 Å². The van der Waals surface area contributed by atoms with E-state index in [1.807, 2.05) is 6.92 Å². The van der Waals surface area contributed by atoms with E-state index in [9.17, 15) is 9.59 Å². The van der Waals surface area contributed by atoms with Crippen LogP contribution in [0.1, 0.15) is 46.9 Å². The van der Waals surface area contributed by atoms with E-state index in [-0.39, 0.29) is 12.2 Å². The minimum Gasteiger partial charge on any atom is -0.454 e. The van der Waals surface area contributed by atoms with Crippen LogP contribution in [0.15, 0.2) is 35.4 Å². The fraction of sp³-hybridized carbons (Fsp3) is 0.333. The Morgan fingerprint density at radius 2 is 2.06 bits per heavy atom. The highest BCUT2D eigenvalue weighted by Crippen LogP contribution is 2.29. The number of nitrogens with zero attached hydrogens (tertiary/aromatic N) is 5. The summed E-state index contributed by atoms with van der Waals surface area (Å²) in [6, 6.07) is 6.68. The third kappa shape index (κ3) is 4.38. The number of nitrogens with one attached hydrogen (secondary N) is 1. The highest BCUT2D eigenvalue weighted by molar-refractivity contribution is 7.18. The van der Waals surface area contributed by atoms with Crippen LogP contribution >= 0.6 is 11.3 Å². The molecule has 0 aliphatic heterocycles. The minimum absolute atomic E-state index is 0.115. The number of thiophene rings is 1. The van der Waals surface area contributed by atoms with Crippen molar-refractivity contribution in [2.75, 3.05) is 0 Å². The summed E-state index contributed by atoms with van der Waals surface area (Å²) in [5.41, 5.74) is 1.97. The molecule has 0 aliphatic rings. The Morgan fingerprint density at radius 3 is 2.74 bits per heavy atom. The number of benzene rings is 1. The number of tetrazole rings is 1. The molecule has 0 radical (unpaired) electrons. The summed E-state index contributed by atoms with van der Waals surface area (Å²) in [4.78, 5) is 34.2. The first-order valence-electron chi connectivity index (χ1n) is 9.98. The average Bonchev–Trinajstić information content (AvgIpc) is 3.41. The van der Waals surface area contributed by atoms with Crippen LogP contribution in [-0.2, 0) is 17.8 Å². The number of aryl methyl sites for hydroxylation is 1. The van der Waals surface area contributed by atoms with Crippen molar-refractivity contribution >= 4 is 27.5 Å². The lowest BCUT2D eigenvalue weighted by molar-refractivity contribution is 0.0462. The maximum absolute atomic E-state index is 12.7. The number of H-pyrrole nitrogens is 1. The number of rotatable bonds is 7. The van der Waals surface area contributed by atoms with Crippen LogP contribution in [0.5, 0.6) is 0 Å². The zero-order valence-electron chi connectivity index (χ0n) is 17.5. The molecular formula is C21H22N6O3S. The van der Waals surface area contributed by atoms with Crippen molar-refractivity contribution in [2.45, 2.75) is 40.2 Å². The molecule has 0 amide bonds. The molecular weight excluding hydrogens is 416 g/mol. The van der Waals surface area contributed by atoms with Gasteiger partial charge in [0.1, 0.15) is 23.6 Å². The summed E-state index contributed by atoms with van der Waals surface area (Å²) < 4.78 is 6.84. The van der Waals surface area contributed by atoms with Gasteiger partial charge >= 0.3 is 5.97 Å². The van der Waals surface area contributed by atoms with Crippen LogP contribution in [0.25, 0.3) is 15.9 Å². The number of ether oxygens (including phenoxy) is 1. The average molecular weight is 439 g/mol. The number of aromatic nitrogens is 6. The largest absolute Gasteiger partial charge is 0.454 e. The topological polar surface area (TPSA) is 116 Å². The number of aromatic amines is 1. The quantitative estimate of drug-likeness (QED) is 0.440. The maximum Gasteiger partial charge on any atom is 0.338 e. The number of hydrogen-bond donors (Lipinski definition) is 1. The molecule has 0 fully saturated rings. The number of hydrogen-bond acceptors (Lipinski definition) is 8. The molecule has 4 aromatic rings. The van der Waals surface area contributed by atoms with Crippen LogP contribution < -0.4 is 5.56 Å². The molecule has 1 atom stereocenters. The maximum atomic E-state index is 12.7. The Balaban J connectivity index is 1.49. The van der Waals surface area contributed by atoms with E-state index in [1.54, 1.807) is 24.3 Å². The smallest absolute Gasteiger partial charge is 0.338 e. The molecule has 10 heteroatoms. The summed E-state index contributed by atoms with van der Waals surface area (Å²) in [5, 5.41) is 11.6. The second kappa shape index (κ2) is 8.76. The molecule has 3 aromatic heterocycles. The van der Waals surface area contributed by atoms with Crippen molar-refractivity contribution in [1.29, 1.82) is 0 Å². The van der Waals surface area contributed by atoms with Crippen molar-refractivity contribution in [1.82, 2.24) is 30.2 Å². The van der Waals surface area contributed by atoms with Gasteiger partial charge < -0.3 is 9.72 Å². The van der Waals surface area contributed by atoms with Crippen LogP contribution in [0.2, 0.25) is 0 Å². The summed E-state index contributed by atoms with van der Waals surface area (Å²) in [7, 11) is 0. The first kappa shape index (κ1) is 20.9. The number of esters is 1. The summed E-state index contributed by atoms with van der Waals surface area (Å²) in [5.74, 6) is 0.307. The lowest BCUT2D eigenvalue weighted by Gasteiger charge is -2.08. The van der Waals surface area contributed by atoms with Gasteiger partial charge in [0, 0.05) is 4.88 Å². The number of carbonyl (C=O) groups is 1. The molecule has 0 aliphatic carbocycles. The Morgan fingerprint density at radius 1 is 1.29 bits per heavy atom. The van der Waals surface area contributed by atoms with E-state index < -0.39 is 5.97 Å². The van der Waals surface area contributed by atoms with Crippen molar-refractivity contribution in [3.8, 4) is 5.69 Å². The van der Waals surface area contributed by atoms with Gasteiger partial charge in [0.25, 0.3) is 5.56 Å². The van der Waals surface area contributed by atoms with Gasteiger partial charge in [-0.15, -0.1) is 16.4 Å². The third-order valence-corrected chi connectivity index (χ3v) is 6.26. The zero-order valence-corrected chi connectivity index (χ0v) is 18.3. The van der Waals surface area contributed by atoms with Gasteiger partial charge in [-0.1, -0.05) is 20.3 Å². The second-order valence-electron chi connectivity index (χ2n) is 7.42. The predicted octanol–water partition coefficient (Wildman–Crippen LogP) is 3.21. The molecule has 0 saturated carbocycles. The molecule has 0 unspecified atom stereocenters. The Labute approximate surface area is 182 Å². The normalized spacial score (nSPS) is 12.2. The van der Waals surface area contributed by atoms with Crippen LogP contribution in [-0.4, -0.2) is 36.1 Å². The van der Waals surface area contributed by atoms with Gasteiger partial charge in [-0.05, 0) is 59.5 Å². The van der Waals surface area contributed by atoms with Gasteiger partial charge in [-0.3, -0.25) is 4.79 Å². The molecule has 1 aromatic carbocycles. The molecule has 0 spiro atoms. The molecule has 4 rings (SSSR count). The fourth-order valence-electron chi connectivity index (χ4n) is 3.27. The molecule has 160 valence electrons. The fourth-order valence-corrected chi connectivity index (χ4v) is 4.35. The van der Waals surface area contributed by atoms with Gasteiger partial charge in [-0.2, -0.15) is 0 Å². The van der Waals surface area contributed by atoms with Gasteiger partial charge in [0.2, 0.25) is 0 Å². The standard InChI is InChI=1S/C21H22N6O3S/c1-4-12(2)9-16-13(3)31-20-18(16)19(28)23-17(24-20)10-30-21(29)14-5-7-15(8-6-14)27-11-22-25-26-27/h5-8,11-12H,4,9-10H2,1-3H3,(H,23,24,28)/t12-/m0/s1. The Bertz CT molecular complexity index is 1260. The first-order valence-corrected chi connectivity index (χ1v) is 10.8.